The van der Waals surface area contributed by atoms with E-state index in [4.69, 9.17) is 4.52 Å². The number of hydrogen-bond acceptors (Lipinski definition) is 6. The molecule has 0 N–H and O–H groups in total. The molecule has 0 fully saturated rings. The maximum Gasteiger partial charge on any atom is 0.223 e. The summed E-state index contributed by atoms with van der Waals surface area (Å²) in [6, 6.07) is 7.79. The standard InChI is InChI=1S/C13H12N6O/c1-9-15-11(17-20-9)8-18(2)13-10(7-14)19-6-4-3-5-12(19)16-13/h3-6H,8H2,1-2H3. The van der Waals surface area contributed by atoms with Crippen molar-refractivity contribution in [1.82, 2.24) is 19.5 Å². The van der Waals surface area contributed by atoms with Gasteiger partial charge >= 0.3 is 0 Å². The van der Waals surface area contributed by atoms with Gasteiger partial charge in [0, 0.05) is 20.2 Å². The second-order valence-electron chi connectivity index (χ2n) is 4.41. The van der Waals surface area contributed by atoms with E-state index in [0.717, 1.165) is 5.65 Å². The third-order valence-corrected chi connectivity index (χ3v) is 2.93. The fraction of sp³-hybridized carbons (Fsp3) is 0.231. The van der Waals surface area contributed by atoms with Gasteiger partial charge < -0.3 is 9.42 Å². The van der Waals surface area contributed by atoms with Crippen molar-refractivity contribution >= 4 is 11.5 Å². The molecule has 0 saturated carbocycles. The summed E-state index contributed by atoms with van der Waals surface area (Å²) >= 11 is 0. The van der Waals surface area contributed by atoms with Crippen molar-refractivity contribution in [2.24, 2.45) is 0 Å². The molecule has 0 amide bonds. The molecule has 0 aromatic carbocycles. The molecule has 100 valence electrons. The van der Waals surface area contributed by atoms with E-state index in [2.05, 4.69) is 21.2 Å². The molecule has 3 rings (SSSR count). The lowest BCUT2D eigenvalue weighted by molar-refractivity contribution is 0.387. The molecule has 0 atom stereocenters. The molecule has 3 aromatic rings. The van der Waals surface area contributed by atoms with Crippen LogP contribution < -0.4 is 4.90 Å². The number of nitriles is 1. The third kappa shape index (κ3) is 1.97. The second-order valence-corrected chi connectivity index (χ2v) is 4.41. The number of fused-ring (bicyclic) bond motifs is 1. The lowest BCUT2D eigenvalue weighted by Gasteiger charge is -2.13. The molecule has 0 aliphatic heterocycles. The van der Waals surface area contributed by atoms with Crippen molar-refractivity contribution in [3.05, 3.63) is 41.8 Å². The number of rotatable bonds is 3. The van der Waals surface area contributed by atoms with Gasteiger partial charge in [-0.25, -0.2) is 4.98 Å². The smallest absolute Gasteiger partial charge is 0.223 e. The lowest BCUT2D eigenvalue weighted by atomic mass is 10.4. The molecule has 0 radical (unpaired) electrons. The fourth-order valence-electron chi connectivity index (χ4n) is 2.05. The average Bonchev–Trinajstić information content (AvgIpc) is 3.01. The van der Waals surface area contributed by atoms with Crippen molar-refractivity contribution in [2.75, 3.05) is 11.9 Å². The number of anilines is 1. The summed E-state index contributed by atoms with van der Waals surface area (Å²) in [4.78, 5) is 10.4. The highest BCUT2D eigenvalue weighted by atomic mass is 16.5. The number of nitrogens with zero attached hydrogens (tertiary/aromatic N) is 6. The minimum atomic E-state index is 0.426. The molecular formula is C13H12N6O. The molecule has 0 saturated heterocycles. The van der Waals surface area contributed by atoms with Gasteiger partial charge in [-0.15, -0.1) is 0 Å². The zero-order chi connectivity index (χ0) is 14.1. The topological polar surface area (TPSA) is 83.3 Å². The summed E-state index contributed by atoms with van der Waals surface area (Å²) in [5.41, 5.74) is 1.22. The highest BCUT2D eigenvalue weighted by Crippen LogP contribution is 2.20. The summed E-state index contributed by atoms with van der Waals surface area (Å²) in [5, 5.41) is 13.2. The first-order chi connectivity index (χ1) is 9.69. The van der Waals surface area contributed by atoms with Crippen molar-refractivity contribution in [3.8, 4) is 6.07 Å². The summed E-state index contributed by atoms with van der Waals surface area (Å²) in [6.07, 6.45) is 1.82. The normalized spacial score (nSPS) is 10.7. The van der Waals surface area contributed by atoms with E-state index in [1.807, 2.05) is 36.3 Å². The first kappa shape index (κ1) is 12.2. The first-order valence-corrected chi connectivity index (χ1v) is 6.06. The van der Waals surface area contributed by atoms with Crippen LogP contribution in [0.5, 0.6) is 0 Å². The van der Waals surface area contributed by atoms with Gasteiger partial charge in [0.1, 0.15) is 11.7 Å². The molecule has 7 nitrogen and oxygen atoms in total. The Hall–Kier alpha value is -2.88. The van der Waals surface area contributed by atoms with Crippen LogP contribution in [0.1, 0.15) is 17.4 Å². The largest absolute Gasteiger partial charge is 0.350 e. The lowest BCUT2D eigenvalue weighted by Crippen LogP contribution is -2.18. The Labute approximate surface area is 115 Å². The number of aryl methyl sites for hydroxylation is 1. The first-order valence-electron chi connectivity index (χ1n) is 6.06. The van der Waals surface area contributed by atoms with Crippen LogP contribution in [0.15, 0.2) is 28.9 Å². The van der Waals surface area contributed by atoms with Crippen LogP contribution in [0.4, 0.5) is 5.82 Å². The summed E-state index contributed by atoms with van der Waals surface area (Å²) in [7, 11) is 1.84. The highest BCUT2D eigenvalue weighted by Gasteiger charge is 2.17. The van der Waals surface area contributed by atoms with E-state index in [9.17, 15) is 5.26 Å². The maximum absolute atomic E-state index is 9.34. The quantitative estimate of drug-likeness (QED) is 0.716. The van der Waals surface area contributed by atoms with Crippen molar-refractivity contribution in [2.45, 2.75) is 13.5 Å². The summed E-state index contributed by atoms with van der Waals surface area (Å²) in [5.74, 6) is 1.68. The van der Waals surface area contributed by atoms with E-state index >= 15 is 0 Å². The van der Waals surface area contributed by atoms with Gasteiger partial charge in [-0.05, 0) is 12.1 Å². The molecule has 0 bridgehead atoms. The molecule has 0 spiro atoms. The van der Waals surface area contributed by atoms with E-state index < -0.39 is 0 Å². The fourth-order valence-corrected chi connectivity index (χ4v) is 2.05. The molecule has 0 aliphatic carbocycles. The Balaban J connectivity index is 1.99. The minimum Gasteiger partial charge on any atom is -0.350 e. The molecule has 3 heterocycles. The summed E-state index contributed by atoms with van der Waals surface area (Å²) in [6.45, 7) is 2.16. The molecule has 0 unspecified atom stereocenters. The Kier molecular flexibility index (Phi) is 2.84. The van der Waals surface area contributed by atoms with E-state index in [1.165, 1.54) is 0 Å². The van der Waals surface area contributed by atoms with Crippen LogP contribution in [0, 0.1) is 18.3 Å². The molecule has 3 aromatic heterocycles. The molecule has 20 heavy (non-hydrogen) atoms. The van der Waals surface area contributed by atoms with Gasteiger partial charge in [-0.1, -0.05) is 11.2 Å². The van der Waals surface area contributed by atoms with Gasteiger partial charge in [0.2, 0.25) is 5.89 Å². The van der Waals surface area contributed by atoms with Gasteiger partial charge in [-0.2, -0.15) is 10.2 Å². The Morgan fingerprint density at radius 1 is 1.40 bits per heavy atom. The number of hydrogen-bond donors (Lipinski definition) is 0. The third-order valence-electron chi connectivity index (χ3n) is 2.93. The van der Waals surface area contributed by atoms with Crippen molar-refractivity contribution in [1.29, 1.82) is 5.26 Å². The number of aromatic nitrogens is 4. The Morgan fingerprint density at radius 2 is 2.25 bits per heavy atom. The molecular weight excluding hydrogens is 256 g/mol. The van der Waals surface area contributed by atoms with Gasteiger partial charge in [0.05, 0.1) is 6.54 Å². The molecule has 0 aliphatic rings. The maximum atomic E-state index is 9.34. The second kappa shape index (κ2) is 4.66. The van der Waals surface area contributed by atoms with Crippen LogP contribution in [-0.2, 0) is 6.54 Å². The number of pyridine rings is 1. The zero-order valence-corrected chi connectivity index (χ0v) is 11.1. The Bertz CT molecular complexity index is 797. The Morgan fingerprint density at radius 3 is 2.95 bits per heavy atom. The van der Waals surface area contributed by atoms with E-state index in [0.29, 0.717) is 29.8 Å². The van der Waals surface area contributed by atoms with Gasteiger partial charge in [0.25, 0.3) is 0 Å². The average molecular weight is 268 g/mol. The predicted molar refractivity (Wildman–Crippen MR) is 71.0 cm³/mol. The van der Waals surface area contributed by atoms with Gasteiger partial charge in [0.15, 0.2) is 17.3 Å². The van der Waals surface area contributed by atoms with Crippen molar-refractivity contribution in [3.63, 3.8) is 0 Å². The van der Waals surface area contributed by atoms with E-state index in [1.54, 1.807) is 11.3 Å². The van der Waals surface area contributed by atoms with Crippen LogP contribution in [0.2, 0.25) is 0 Å². The van der Waals surface area contributed by atoms with Crippen LogP contribution in [0.25, 0.3) is 5.65 Å². The van der Waals surface area contributed by atoms with Crippen molar-refractivity contribution < 1.29 is 4.52 Å². The van der Waals surface area contributed by atoms with Crippen LogP contribution >= 0.6 is 0 Å². The van der Waals surface area contributed by atoms with Gasteiger partial charge in [-0.3, -0.25) is 4.40 Å². The van der Waals surface area contributed by atoms with Crippen LogP contribution in [0.3, 0.4) is 0 Å². The summed E-state index contributed by atoms with van der Waals surface area (Å²) < 4.78 is 6.70. The SMILES string of the molecule is Cc1nc(CN(C)c2nc3ccccn3c2C#N)no1. The van der Waals surface area contributed by atoms with E-state index in [-0.39, 0.29) is 0 Å². The number of imidazole rings is 1. The minimum absolute atomic E-state index is 0.426. The van der Waals surface area contributed by atoms with Crippen LogP contribution in [-0.4, -0.2) is 26.6 Å². The highest BCUT2D eigenvalue weighted by molar-refractivity contribution is 5.59. The predicted octanol–water partition coefficient (Wildman–Crippen LogP) is 1.53. The monoisotopic (exact) mass is 268 g/mol. The molecule has 7 heteroatoms. The zero-order valence-electron chi connectivity index (χ0n) is 11.1.